The maximum absolute atomic E-state index is 14.5. The SMILES string of the molecule is CCOc1ccc(Nc2ncc(F)c(Nc3ccc4c(c3)N(C(=O)CCl)CCCC4)n2)cc1. The molecule has 1 aliphatic rings. The van der Waals surface area contributed by atoms with Crippen LogP contribution in [-0.4, -0.2) is 34.9 Å². The summed E-state index contributed by atoms with van der Waals surface area (Å²) in [6.07, 6.45) is 3.88. The Morgan fingerprint density at radius 1 is 1.15 bits per heavy atom. The van der Waals surface area contributed by atoms with Gasteiger partial charge in [0.2, 0.25) is 11.9 Å². The average Bonchev–Trinajstić information content (AvgIpc) is 3.04. The minimum absolute atomic E-state index is 0.0298. The predicted molar refractivity (Wildman–Crippen MR) is 129 cm³/mol. The third kappa shape index (κ3) is 5.51. The van der Waals surface area contributed by atoms with Crippen molar-refractivity contribution in [2.24, 2.45) is 0 Å². The highest BCUT2D eigenvalue weighted by molar-refractivity contribution is 6.29. The summed E-state index contributed by atoms with van der Waals surface area (Å²) in [6.45, 7) is 3.12. The second kappa shape index (κ2) is 10.5. The molecule has 0 bridgehead atoms. The van der Waals surface area contributed by atoms with Crippen molar-refractivity contribution in [2.45, 2.75) is 26.2 Å². The topological polar surface area (TPSA) is 79.4 Å². The van der Waals surface area contributed by atoms with E-state index < -0.39 is 5.82 Å². The molecule has 0 saturated heterocycles. The van der Waals surface area contributed by atoms with Crippen molar-refractivity contribution < 1.29 is 13.9 Å². The Labute approximate surface area is 197 Å². The van der Waals surface area contributed by atoms with Gasteiger partial charge in [0.25, 0.3) is 0 Å². The Morgan fingerprint density at radius 3 is 2.70 bits per heavy atom. The molecule has 9 heteroatoms. The smallest absolute Gasteiger partial charge is 0.241 e. The molecule has 3 aromatic rings. The zero-order valence-electron chi connectivity index (χ0n) is 18.3. The quantitative estimate of drug-likeness (QED) is 0.450. The number of aromatic nitrogens is 2. The number of rotatable bonds is 7. The number of ether oxygens (including phenoxy) is 1. The van der Waals surface area contributed by atoms with E-state index in [1.54, 1.807) is 4.90 Å². The number of alkyl halides is 1. The fourth-order valence-corrected chi connectivity index (χ4v) is 3.87. The number of fused-ring (bicyclic) bond motifs is 1. The number of carbonyl (C=O) groups excluding carboxylic acids is 1. The van der Waals surface area contributed by atoms with Crippen molar-refractivity contribution in [3.05, 3.63) is 60.0 Å². The lowest BCUT2D eigenvalue weighted by atomic mass is 10.1. The highest BCUT2D eigenvalue weighted by Gasteiger charge is 2.21. The largest absolute Gasteiger partial charge is 0.494 e. The molecule has 1 amide bonds. The van der Waals surface area contributed by atoms with E-state index >= 15 is 0 Å². The molecule has 0 atom stereocenters. The number of benzene rings is 2. The van der Waals surface area contributed by atoms with E-state index in [9.17, 15) is 9.18 Å². The Bertz CT molecular complexity index is 1130. The molecule has 0 aliphatic carbocycles. The average molecular weight is 470 g/mol. The van der Waals surface area contributed by atoms with Gasteiger partial charge in [-0.05, 0) is 68.1 Å². The third-order valence-electron chi connectivity index (χ3n) is 5.30. The molecule has 2 N–H and O–H groups in total. The van der Waals surface area contributed by atoms with Crippen LogP contribution in [0.3, 0.4) is 0 Å². The molecule has 7 nitrogen and oxygen atoms in total. The molecule has 0 unspecified atom stereocenters. The van der Waals surface area contributed by atoms with Crippen LogP contribution in [0.4, 0.5) is 33.2 Å². The molecular formula is C24H25ClFN5O2. The van der Waals surface area contributed by atoms with Gasteiger partial charge in [-0.3, -0.25) is 4.79 Å². The lowest BCUT2D eigenvalue weighted by Gasteiger charge is -2.23. The highest BCUT2D eigenvalue weighted by atomic mass is 35.5. The lowest BCUT2D eigenvalue weighted by molar-refractivity contribution is -0.116. The second-order valence-corrected chi connectivity index (χ2v) is 7.84. The molecule has 0 radical (unpaired) electrons. The van der Waals surface area contributed by atoms with Crippen molar-refractivity contribution in [1.82, 2.24) is 9.97 Å². The summed E-state index contributed by atoms with van der Waals surface area (Å²) >= 11 is 5.82. The van der Waals surface area contributed by atoms with Gasteiger partial charge in [0, 0.05) is 23.6 Å². The van der Waals surface area contributed by atoms with Crippen LogP contribution in [0, 0.1) is 5.82 Å². The summed E-state index contributed by atoms with van der Waals surface area (Å²) in [7, 11) is 0. The number of aryl methyl sites for hydroxylation is 1. The highest BCUT2D eigenvalue weighted by Crippen LogP contribution is 2.31. The maximum atomic E-state index is 14.5. The van der Waals surface area contributed by atoms with Crippen LogP contribution in [0.25, 0.3) is 0 Å². The number of amides is 1. The molecule has 1 aromatic heterocycles. The Hall–Kier alpha value is -3.39. The Kier molecular flexibility index (Phi) is 7.24. The first kappa shape index (κ1) is 22.8. The summed E-state index contributed by atoms with van der Waals surface area (Å²) in [4.78, 5) is 22.4. The number of hydrogen-bond acceptors (Lipinski definition) is 6. The van der Waals surface area contributed by atoms with E-state index in [2.05, 4.69) is 20.6 Å². The summed E-state index contributed by atoms with van der Waals surface area (Å²) in [5.74, 6) is 0.218. The molecule has 0 fully saturated rings. The molecular weight excluding hydrogens is 445 g/mol. The fraction of sp³-hybridized carbons (Fsp3) is 0.292. The molecule has 172 valence electrons. The number of anilines is 5. The van der Waals surface area contributed by atoms with Gasteiger partial charge in [0.15, 0.2) is 11.6 Å². The Balaban J connectivity index is 1.55. The van der Waals surface area contributed by atoms with Crippen LogP contribution in [0.5, 0.6) is 5.75 Å². The van der Waals surface area contributed by atoms with Crippen LogP contribution in [0.15, 0.2) is 48.7 Å². The summed E-state index contributed by atoms with van der Waals surface area (Å²) in [5.41, 5.74) is 3.23. The molecule has 2 aromatic carbocycles. The normalized spacial score (nSPS) is 13.1. The van der Waals surface area contributed by atoms with Crippen LogP contribution in [0.2, 0.25) is 0 Å². The molecule has 0 saturated carbocycles. The van der Waals surface area contributed by atoms with E-state index in [-0.39, 0.29) is 23.6 Å². The van der Waals surface area contributed by atoms with Gasteiger partial charge < -0.3 is 20.3 Å². The molecule has 2 heterocycles. The van der Waals surface area contributed by atoms with Gasteiger partial charge in [0.05, 0.1) is 12.8 Å². The van der Waals surface area contributed by atoms with Crippen molar-refractivity contribution in [2.75, 3.05) is 34.6 Å². The number of carbonyl (C=O) groups is 1. The van der Waals surface area contributed by atoms with Gasteiger partial charge in [-0.2, -0.15) is 4.98 Å². The standard InChI is InChI=1S/C24H25ClFN5O2/c1-2-33-19-10-8-17(9-11-19)29-24-27-15-20(26)23(30-24)28-18-7-6-16-5-3-4-12-31(21(16)13-18)22(32)14-25/h6-11,13,15H,2-5,12,14H2,1H3,(H2,27,28,29,30). The zero-order valence-corrected chi connectivity index (χ0v) is 19.0. The molecule has 0 spiro atoms. The summed E-state index contributed by atoms with van der Waals surface area (Å²) in [5, 5.41) is 6.08. The van der Waals surface area contributed by atoms with Crippen molar-refractivity contribution in [3.63, 3.8) is 0 Å². The number of nitrogens with zero attached hydrogens (tertiary/aromatic N) is 3. The van der Waals surface area contributed by atoms with E-state index in [0.29, 0.717) is 18.8 Å². The fourth-order valence-electron chi connectivity index (χ4n) is 3.72. The first-order chi connectivity index (χ1) is 16.1. The van der Waals surface area contributed by atoms with Gasteiger partial charge in [-0.15, -0.1) is 11.6 Å². The Morgan fingerprint density at radius 2 is 1.94 bits per heavy atom. The van der Waals surface area contributed by atoms with Crippen LogP contribution < -0.4 is 20.3 Å². The molecule has 4 rings (SSSR count). The number of nitrogens with one attached hydrogen (secondary N) is 2. The predicted octanol–water partition coefficient (Wildman–Crippen LogP) is 5.41. The van der Waals surface area contributed by atoms with Gasteiger partial charge in [0.1, 0.15) is 11.6 Å². The van der Waals surface area contributed by atoms with Crippen LogP contribution in [-0.2, 0) is 11.2 Å². The van der Waals surface area contributed by atoms with Crippen molar-refractivity contribution in [1.29, 1.82) is 0 Å². The summed E-state index contributed by atoms with van der Waals surface area (Å²) in [6, 6.07) is 13.0. The van der Waals surface area contributed by atoms with Crippen LogP contribution in [0.1, 0.15) is 25.3 Å². The third-order valence-corrected chi connectivity index (χ3v) is 5.53. The second-order valence-electron chi connectivity index (χ2n) is 7.58. The monoisotopic (exact) mass is 469 g/mol. The first-order valence-electron chi connectivity index (χ1n) is 10.9. The van der Waals surface area contributed by atoms with Crippen LogP contribution >= 0.6 is 11.6 Å². The molecule has 1 aliphatic heterocycles. The van der Waals surface area contributed by atoms with E-state index in [0.717, 1.165) is 48.1 Å². The van der Waals surface area contributed by atoms with Crippen molar-refractivity contribution >= 4 is 46.3 Å². The molecule has 33 heavy (non-hydrogen) atoms. The minimum atomic E-state index is -0.587. The van der Waals surface area contributed by atoms with Gasteiger partial charge in [-0.1, -0.05) is 6.07 Å². The van der Waals surface area contributed by atoms with E-state index in [1.807, 2.05) is 49.4 Å². The van der Waals surface area contributed by atoms with Gasteiger partial charge in [-0.25, -0.2) is 9.37 Å². The first-order valence-corrected chi connectivity index (χ1v) is 11.4. The van der Waals surface area contributed by atoms with Gasteiger partial charge >= 0.3 is 0 Å². The zero-order chi connectivity index (χ0) is 23.2. The number of hydrogen-bond donors (Lipinski definition) is 2. The number of halogens is 2. The van der Waals surface area contributed by atoms with E-state index in [1.165, 1.54) is 0 Å². The minimum Gasteiger partial charge on any atom is -0.494 e. The maximum Gasteiger partial charge on any atom is 0.241 e. The summed E-state index contributed by atoms with van der Waals surface area (Å²) < 4.78 is 19.9. The van der Waals surface area contributed by atoms with E-state index in [4.69, 9.17) is 16.3 Å². The lowest BCUT2D eigenvalue weighted by Crippen LogP contribution is -2.32. The van der Waals surface area contributed by atoms with Crippen molar-refractivity contribution in [3.8, 4) is 5.75 Å².